The maximum Gasteiger partial charge on any atom is 0.138 e. The van der Waals surface area contributed by atoms with E-state index in [1.165, 1.54) is 0 Å². The third kappa shape index (κ3) is 3.13. The molecule has 0 spiro atoms. The third-order valence-corrected chi connectivity index (χ3v) is 3.11. The summed E-state index contributed by atoms with van der Waals surface area (Å²) in [5.41, 5.74) is 7.36. The summed E-state index contributed by atoms with van der Waals surface area (Å²) in [6.45, 7) is 0.805. The van der Waals surface area contributed by atoms with Gasteiger partial charge in [-0.15, -0.1) is 0 Å². The van der Waals surface area contributed by atoms with Crippen molar-refractivity contribution in [3.63, 3.8) is 0 Å². The lowest BCUT2D eigenvalue weighted by molar-refractivity contribution is 0.306. The smallest absolute Gasteiger partial charge is 0.138 e. The second kappa shape index (κ2) is 6.05. The lowest BCUT2D eigenvalue weighted by Gasteiger charge is -2.09. The van der Waals surface area contributed by atoms with Crippen LogP contribution >= 0.6 is 23.2 Å². The second-order valence-corrected chi connectivity index (χ2v) is 4.54. The van der Waals surface area contributed by atoms with Crippen LogP contribution in [0.25, 0.3) is 0 Å². The Balaban J connectivity index is 2.09. The van der Waals surface area contributed by atoms with E-state index in [1.807, 2.05) is 12.1 Å². The minimum atomic E-state index is 0.350. The SMILES string of the molecule is NCc1ccc(OCc2ccncc2Cl)c(Cl)c1. The average molecular weight is 283 g/mol. The monoisotopic (exact) mass is 282 g/mol. The Morgan fingerprint density at radius 1 is 1.17 bits per heavy atom. The van der Waals surface area contributed by atoms with Crippen molar-refractivity contribution < 1.29 is 4.74 Å². The van der Waals surface area contributed by atoms with Gasteiger partial charge in [0.25, 0.3) is 0 Å². The first-order chi connectivity index (χ1) is 8.70. The predicted molar refractivity (Wildman–Crippen MR) is 72.9 cm³/mol. The minimum absolute atomic E-state index is 0.350. The van der Waals surface area contributed by atoms with Crippen LogP contribution < -0.4 is 10.5 Å². The molecule has 2 N–H and O–H groups in total. The standard InChI is InChI=1S/C13H12Cl2N2O/c14-11-5-9(6-16)1-2-13(11)18-8-10-3-4-17-7-12(10)15/h1-5,7H,6,8,16H2. The van der Waals surface area contributed by atoms with Crippen LogP contribution in [0.3, 0.4) is 0 Å². The number of ether oxygens (including phenoxy) is 1. The molecule has 2 rings (SSSR count). The average Bonchev–Trinajstić information content (AvgIpc) is 2.39. The van der Waals surface area contributed by atoms with E-state index in [1.54, 1.807) is 24.5 Å². The van der Waals surface area contributed by atoms with E-state index in [4.69, 9.17) is 33.7 Å². The van der Waals surface area contributed by atoms with Gasteiger partial charge in [-0.05, 0) is 23.8 Å². The highest BCUT2D eigenvalue weighted by atomic mass is 35.5. The van der Waals surface area contributed by atoms with Crippen molar-refractivity contribution in [2.45, 2.75) is 13.2 Å². The zero-order valence-corrected chi connectivity index (χ0v) is 11.1. The molecule has 0 aliphatic rings. The van der Waals surface area contributed by atoms with Gasteiger partial charge in [0.2, 0.25) is 0 Å². The maximum atomic E-state index is 6.09. The summed E-state index contributed by atoms with van der Waals surface area (Å²) >= 11 is 12.1. The van der Waals surface area contributed by atoms with Gasteiger partial charge >= 0.3 is 0 Å². The van der Waals surface area contributed by atoms with Gasteiger partial charge in [-0.1, -0.05) is 29.3 Å². The second-order valence-electron chi connectivity index (χ2n) is 3.72. The molecule has 0 radical (unpaired) electrons. The van der Waals surface area contributed by atoms with Gasteiger partial charge < -0.3 is 10.5 Å². The fraction of sp³-hybridized carbons (Fsp3) is 0.154. The van der Waals surface area contributed by atoms with Crippen LogP contribution in [0, 0.1) is 0 Å². The molecule has 94 valence electrons. The molecule has 1 aromatic carbocycles. The summed E-state index contributed by atoms with van der Waals surface area (Å²) in [5, 5.41) is 1.12. The molecule has 5 heteroatoms. The zero-order chi connectivity index (χ0) is 13.0. The van der Waals surface area contributed by atoms with E-state index in [-0.39, 0.29) is 0 Å². The Morgan fingerprint density at radius 3 is 2.67 bits per heavy atom. The van der Waals surface area contributed by atoms with E-state index in [2.05, 4.69) is 4.98 Å². The van der Waals surface area contributed by atoms with Crippen molar-refractivity contribution in [2.75, 3.05) is 0 Å². The fourth-order valence-corrected chi connectivity index (χ4v) is 1.90. The van der Waals surface area contributed by atoms with Crippen molar-refractivity contribution >= 4 is 23.2 Å². The van der Waals surface area contributed by atoms with Crippen LogP contribution in [0.1, 0.15) is 11.1 Å². The minimum Gasteiger partial charge on any atom is -0.487 e. The van der Waals surface area contributed by atoms with Crippen LogP contribution in [0.4, 0.5) is 0 Å². The quantitative estimate of drug-likeness (QED) is 0.935. The van der Waals surface area contributed by atoms with Gasteiger partial charge in [0.05, 0.1) is 10.0 Å². The molecule has 0 atom stereocenters. The van der Waals surface area contributed by atoms with Crippen molar-refractivity contribution in [3.05, 3.63) is 57.8 Å². The Bertz CT molecular complexity index is 546. The summed E-state index contributed by atoms with van der Waals surface area (Å²) < 4.78 is 5.62. The van der Waals surface area contributed by atoms with Gasteiger partial charge in [0.1, 0.15) is 12.4 Å². The van der Waals surface area contributed by atoms with Crippen LogP contribution in [0.15, 0.2) is 36.7 Å². The summed E-state index contributed by atoms with van der Waals surface area (Å²) in [4.78, 5) is 3.91. The van der Waals surface area contributed by atoms with E-state index in [0.717, 1.165) is 11.1 Å². The molecule has 2 aromatic rings. The maximum absolute atomic E-state index is 6.09. The third-order valence-electron chi connectivity index (χ3n) is 2.47. The molecular formula is C13H12Cl2N2O. The first-order valence-electron chi connectivity index (χ1n) is 5.40. The lowest BCUT2D eigenvalue weighted by atomic mass is 10.2. The topological polar surface area (TPSA) is 48.1 Å². The zero-order valence-electron chi connectivity index (χ0n) is 9.57. The number of pyridine rings is 1. The number of aromatic nitrogens is 1. The molecule has 0 saturated heterocycles. The predicted octanol–water partition coefficient (Wildman–Crippen LogP) is 3.43. The van der Waals surface area contributed by atoms with Gasteiger partial charge in [0, 0.05) is 24.5 Å². The van der Waals surface area contributed by atoms with Crippen molar-refractivity contribution in [1.82, 2.24) is 4.98 Å². The number of nitrogens with zero attached hydrogens (tertiary/aromatic N) is 1. The van der Waals surface area contributed by atoms with E-state index >= 15 is 0 Å². The van der Waals surface area contributed by atoms with Gasteiger partial charge in [-0.3, -0.25) is 4.98 Å². The highest BCUT2D eigenvalue weighted by Gasteiger charge is 2.05. The van der Waals surface area contributed by atoms with Gasteiger partial charge in [0.15, 0.2) is 0 Å². The normalized spacial score (nSPS) is 10.4. The molecule has 1 aromatic heterocycles. The highest BCUT2D eigenvalue weighted by Crippen LogP contribution is 2.26. The molecule has 0 aliphatic carbocycles. The first kappa shape index (κ1) is 13.1. The summed E-state index contributed by atoms with van der Waals surface area (Å²) in [6, 6.07) is 7.30. The van der Waals surface area contributed by atoms with Crippen LogP contribution in [-0.4, -0.2) is 4.98 Å². The van der Waals surface area contributed by atoms with Crippen LogP contribution in [-0.2, 0) is 13.2 Å². The highest BCUT2D eigenvalue weighted by molar-refractivity contribution is 6.32. The van der Waals surface area contributed by atoms with Crippen LogP contribution in [0.2, 0.25) is 10.0 Å². The summed E-state index contributed by atoms with van der Waals surface area (Å²) in [7, 11) is 0. The van der Waals surface area contributed by atoms with E-state index < -0.39 is 0 Å². The van der Waals surface area contributed by atoms with Crippen molar-refractivity contribution in [3.8, 4) is 5.75 Å². The molecule has 3 nitrogen and oxygen atoms in total. The van der Waals surface area contributed by atoms with Crippen LogP contribution in [0.5, 0.6) is 5.75 Å². The Morgan fingerprint density at radius 2 is 2.00 bits per heavy atom. The molecular weight excluding hydrogens is 271 g/mol. The number of halogens is 2. The molecule has 0 amide bonds. The number of nitrogens with two attached hydrogens (primary N) is 1. The Labute approximate surface area is 115 Å². The molecule has 0 fully saturated rings. The molecule has 1 heterocycles. The number of benzene rings is 1. The Hall–Kier alpha value is -1.29. The Kier molecular flexibility index (Phi) is 4.42. The van der Waals surface area contributed by atoms with Crippen molar-refractivity contribution in [1.29, 1.82) is 0 Å². The first-order valence-corrected chi connectivity index (χ1v) is 6.16. The summed E-state index contributed by atoms with van der Waals surface area (Å²) in [5.74, 6) is 0.613. The fourth-order valence-electron chi connectivity index (χ4n) is 1.46. The number of hydrogen-bond acceptors (Lipinski definition) is 3. The van der Waals surface area contributed by atoms with E-state index in [9.17, 15) is 0 Å². The number of rotatable bonds is 4. The molecule has 0 bridgehead atoms. The number of hydrogen-bond donors (Lipinski definition) is 1. The lowest BCUT2D eigenvalue weighted by Crippen LogP contribution is -1.99. The molecule has 0 unspecified atom stereocenters. The van der Waals surface area contributed by atoms with Gasteiger partial charge in [-0.25, -0.2) is 0 Å². The van der Waals surface area contributed by atoms with Gasteiger partial charge in [-0.2, -0.15) is 0 Å². The molecule has 0 saturated carbocycles. The summed E-state index contributed by atoms with van der Waals surface area (Å²) in [6.07, 6.45) is 3.25. The van der Waals surface area contributed by atoms with E-state index in [0.29, 0.717) is 28.9 Å². The molecule has 0 aliphatic heterocycles. The van der Waals surface area contributed by atoms with Crippen molar-refractivity contribution in [2.24, 2.45) is 5.73 Å². The largest absolute Gasteiger partial charge is 0.487 e. The molecule has 18 heavy (non-hydrogen) atoms.